The summed E-state index contributed by atoms with van der Waals surface area (Å²) in [6, 6.07) is 16.0. The second-order valence-electron chi connectivity index (χ2n) is 7.98. The maximum Gasteiger partial charge on any atom is 0.237 e. The lowest BCUT2D eigenvalue weighted by Crippen LogP contribution is -2.32. The molecular formula is C22H27NO2S. The van der Waals surface area contributed by atoms with Crippen molar-refractivity contribution in [2.45, 2.75) is 50.8 Å². The highest BCUT2D eigenvalue weighted by Gasteiger charge is 2.35. The van der Waals surface area contributed by atoms with Gasteiger partial charge in [-0.15, -0.1) is 11.8 Å². The zero-order valence-electron chi connectivity index (χ0n) is 15.9. The molecule has 4 heteroatoms. The fourth-order valence-electron chi connectivity index (χ4n) is 3.38. The van der Waals surface area contributed by atoms with Crippen molar-refractivity contribution in [2.24, 2.45) is 0 Å². The lowest BCUT2D eigenvalue weighted by Gasteiger charge is -2.24. The minimum atomic E-state index is -0.124. The average molecular weight is 370 g/mol. The second kappa shape index (κ2) is 7.36. The van der Waals surface area contributed by atoms with Crippen LogP contribution in [-0.2, 0) is 16.6 Å². The molecule has 1 aliphatic heterocycles. The number of hydrogen-bond donors (Lipinski definition) is 1. The number of amides is 1. The van der Waals surface area contributed by atoms with Crippen molar-refractivity contribution in [2.75, 3.05) is 5.88 Å². The number of benzene rings is 2. The molecule has 0 spiro atoms. The molecule has 0 unspecified atom stereocenters. The number of hydrogen-bond acceptors (Lipinski definition) is 3. The van der Waals surface area contributed by atoms with Gasteiger partial charge < -0.3 is 10.0 Å². The number of rotatable bonds is 4. The monoisotopic (exact) mass is 369 g/mol. The Labute approximate surface area is 160 Å². The van der Waals surface area contributed by atoms with Crippen LogP contribution in [0.3, 0.4) is 0 Å². The molecule has 0 saturated carbocycles. The third kappa shape index (κ3) is 3.90. The van der Waals surface area contributed by atoms with Crippen molar-refractivity contribution >= 4 is 17.7 Å². The van der Waals surface area contributed by atoms with Crippen molar-refractivity contribution < 1.29 is 9.90 Å². The summed E-state index contributed by atoms with van der Waals surface area (Å²) in [5.41, 5.74) is 3.08. The standard InChI is InChI=1S/C22H27NO2S/c1-15(17-8-6-5-7-9-17)23-14-26-20(21(23)25)13-16-10-11-19(24)18(12-16)22(2,3)4/h5-12,15,20,24H,13-14H2,1-4H3/t15-,20-/m1/s1. The number of carbonyl (C=O) groups is 1. The van der Waals surface area contributed by atoms with E-state index in [9.17, 15) is 9.90 Å². The van der Waals surface area contributed by atoms with Crippen LogP contribution >= 0.6 is 11.8 Å². The van der Waals surface area contributed by atoms with Crippen molar-refractivity contribution in [3.05, 3.63) is 65.2 Å². The van der Waals surface area contributed by atoms with Gasteiger partial charge in [0.05, 0.1) is 17.2 Å². The molecule has 3 nitrogen and oxygen atoms in total. The molecule has 0 radical (unpaired) electrons. The lowest BCUT2D eigenvalue weighted by molar-refractivity contribution is -0.130. The Morgan fingerprint density at radius 3 is 2.54 bits per heavy atom. The van der Waals surface area contributed by atoms with Crippen molar-refractivity contribution in [3.8, 4) is 5.75 Å². The average Bonchev–Trinajstić information content (AvgIpc) is 2.96. The van der Waals surface area contributed by atoms with E-state index in [1.807, 2.05) is 35.2 Å². The van der Waals surface area contributed by atoms with E-state index in [0.717, 1.165) is 17.0 Å². The number of thioether (sulfide) groups is 1. The number of carbonyl (C=O) groups excluding carboxylic acids is 1. The van der Waals surface area contributed by atoms with Crippen LogP contribution in [0.5, 0.6) is 5.75 Å². The smallest absolute Gasteiger partial charge is 0.237 e. The van der Waals surface area contributed by atoms with E-state index in [4.69, 9.17) is 0 Å². The van der Waals surface area contributed by atoms with Crippen molar-refractivity contribution in [1.29, 1.82) is 0 Å². The summed E-state index contributed by atoms with van der Waals surface area (Å²) in [5, 5.41) is 10.1. The molecule has 1 N–H and O–H groups in total. The predicted molar refractivity (Wildman–Crippen MR) is 108 cm³/mol. The predicted octanol–water partition coefficient (Wildman–Crippen LogP) is 4.89. The maximum atomic E-state index is 12.9. The maximum absolute atomic E-state index is 12.9. The van der Waals surface area contributed by atoms with Crippen molar-refractivity contribution in [1.82, 2.24) is 4.90 Å². The molecule has 0 bridgehead atoms. The Kier molecular flexibility index (Phi) is 5.33. The van der Waals surface area contributed by atoms with Crippen LogP contribution in [0.4, 0.5) is 0 Å². The SMILES string of the molecule is C[C@H](c1ccccc1)N1CS[C@H](Cc2ccc(O)c(C(C)(C)C)c2)C1=O. The van der Waals surface area contributed by atoms with Crippen LogP contribution in [0.2, 0.25) is 0 Å². The first kappa shape index (κ1) is 18.8. The Morgan fingerprint density at radius 1 is 1.19 bits per heavy atom. The number of phenols is 1. The van der Waals surface area contributed by atoms with Gasteiger partial charge in [-0.25, -0.2) is 0 Å². The quantitative estimate of drug-likeness (QED) is 0.834. The summed E-state index contributed by atoms with van der Waals surface area (Å²) >= 11 is 1.71. The largest absolute Gasteiger partial charge is 0.508 e. The summed E-state index contributed by atoms with van der Waals surface area (Å²) in [6.45, 7) is 8.36. The molecule has 0 aromatic heterocycles. The van der Waals surface area contributed by atoms with E-state index in [2.05, 4.69) is 39.8 Å². The third-order valence-corrected chi connectivity index (χ3v) is 6.21. The minimum absolute atomic E-state index is 0.0569. The zero-order valence-corrected chi connectivity index (χ0v) is 16.7. The van der Waals surface area contributed by atoms with E-state index in [-0.39, 0.29) is 22.6 Å². The van der Waals surface area contributed by atoms with Crippen LogP contribution < -0.4 is 0 Å². The first-order chi connectivity index (χ1) is 12.3. The van der Waals surface area contributed by atoms with Crippen LogP contribution in [-0.4, -0.2) is 27.0 Å². The summed E-state index contributed by atoms with van der Waals surface area (Å²) in [7, 11) is 0. The van der Waals surface area contributed by atoms with E-state index >= 15 is 0 Å². The molecule has 1 aliphatic rings. The number of nitrogens with zero attached hydrogens (tertiary/aromatic N) is 1. The molecular weight excluding hydrogens is 342 g/mol. The molecule has 26 heavy (non-hydrogen) atoms. The van der Waals surface area contributed by atoms with Gasteiger partial charge in [0.25, 0.3) is 0 Å². The molecule has 3 rings (SSSR count). The van der Waals surface area contributed by atoms with Gasteiger partial charge in [0.1, 0.15) is 5.75 Å². The summed E-state index contributed by atoms with van der Waals surface area (Å²) < 4.78 is 0. The summed E-state index contributed by atoms with van der Waals surface area (Å²) in [5.74, 6) is 1.26. The highest BCUT2D eigenvalue weighted by Crippen LogP contribution is 2.36. The highest BCUT2D eigenvalue weighted by atomic mass is 32.2. The van der Waals surface area contributed by atoms with E-state index in [0.29, 0.717) is 12.2 Å². The second-order valence-corrected chi connectivity index (χ2v) is 9.15. The Morgan fingerprint density at radius 2 is 1.88 bits per heavy atom. The Balaban J connectivity index is 1.74. The Hall–Kier alpha value is -1.94. The van der Waals surface area contributed by atoms with Gasteiger partial charge in [-0.2, -0.15) is 0 Å². The first-order valence-electron chi connectivity index (χ1n) is 9.07. The fourth-order valence-corrected chi connectivity index (χ4v) is 4.66. The Bertz CT molecular complexity index is 782. The third-order valence-electron chi connectivity index (χ3n) is 5.01. The molecule has 1 heterocycles. The molecule has 1 saturated heterocycles. The van der Waals surface area contributed by atoms with Gasteiger partial charge in [0.2, 0.25) is 5.91 Å². The number of phenolic OH excluding ortho intramolecular Hbond substituents is 1. The topological polar surface area (TPSA) is 40.5 Å². The fraction of sp³-hybridized carbons (Fsp3) is 0.409. The van der Waals surface area contributed by atoms with E-state index < -0.39 is 0 Å². The highest BCUT2D eigenvalue weighted by molar-refractivity contribution is 8.01. The summed E-state index contributed by atoms with van der Waals surface area (Å²) in [4.78, 5) is 14.9. The van der Waals surface area contributed by atoms with E-state index in [1.165, 1.54) is 5.56 Å². The van der Waals surface area contributed by atoms with Gasteiger partial charge in [-0.1, -0.05) is 63.2 Å². The van der Waals surface area contributed by atoms with Gasteiger partial charge in [0, 0.05) is 0 Å². The molecule has 138 valence electrons. The van der Waals surface area contributed by atoms with Crippen LogP contribution in [0, 0.1) is 0 Å². The molecule has 0 aliphatic carbocycles. The van der Waals surface area contributed by atoms with Gasteiger partial charge >= 0.3 is 0 Å². The lowest BCUT2D eigenvalue weighted by atomic mass is 9.85. The molecule has 2 atom stereocenters. The summed E-state index contributed by atoms with van der Waals surface area (Å²) in [6.07, 6.45) is 0.699. The number of aromatic hydroxyl groups is 1. The van der Waals surface area contributed by atoms with Crippen LogP contribution in [0.15, 0.2) is 48.5 Å². The first-order valence-corrected chi connectivity index (χ1v) is 10.1. The normalized spacial score (nSPS) is 19.0. The van der Waals surface area contributed by atoms with Crippen LogP contribution in [0.1, 0.15) is 50.4 Å². The van der Waals surface area contributed by atoms with Gasteiger partial charge in [-0.05, 0) is 41.5 Å². The molecule has 1 fully saturated rings. The molecule has 2 aromatic carbocycles. The molecule has 1 amide bonds. The zero-order chi connectivity index (χ0) is 18.9. The van der Waals surface area contributed by atoms with Crippen molar-refractivity contribution in [3.63, 3.8) is 0 Å². The molecule has 2 aromatic rings. The van der Waals surface area contributed by atoms with Crippen LogP contribution in [0.25, 0.3) is 0 Å². The minimum Gasteiger partial charge on any atom is -0.508 e. The van der Waals surface area contributed by atoms with Gasteiger partial charge in [0.15, 0.2) is 0 Å². The van der Waals surface area contributed by atoms with E-state index in [1.54, 1.807) is 17.8 Å². The van der Waals surface area contributed by atoms with Gasteiger partial charge in [-0.3, -0.25) is 4.79 Å².